The minimum Gasteiger partial charge on any atom is -0.459 e. The number of carbonyl (C=O) groups is 1. The van der Waals surface area contributed by atoms with Crippen molar-refractivity contribution in [2.45, 2.75) is 46.1 Å². The molecule has 0 aliphatic carbocycles. The maximum atomic E-state index is 12.8. The fraction of sp³-hybridized carbons (Fsp3) is 0.480. The predicted molar refractivity (Wildman–Crippen MR) is 135 cm³/mol. The number of aliphatic hydroxyl groups excluding tert-OH is 1. The first-order valence-corrected chi connectivity index (χ1v) is 12.3. The summed E-state index contributed by atoms with van der Waals surface area (Å²) in [4.78, 5) is 35.5. The Balaban J connectivity index is 1.69. The number of nitrogens with zero attached hydrogens (tertiary/aromatic N) is 2. The van der Waals surface area contributed by atoms with E-state index in [9.17, 15) is 14.7 Å². The first-order chi connectivity index (χ1) is 16.8. The van der Waals surface area contributed by atoms with Crippen molar-refractivity contribution in [3.63, 3.8) is 0 Å². The molecule has 0 spiro atoms. The Kier molecular flexibility index (Phi) is 9.93. The van der Waals surface area contributed by atoms with Gasteiger partial charge in [0.15, 0.2) is 0 Å². The third kappa shape index (κ3) is 7.68. The van der Waals surface area contributed by atoms with E-state index in [4.69, 9.17) is 14.2 Å². The number of esters is 1. The van der Waals surface area contributed by atoms with Gasteiger partial charge in [0.25, 0.3) is 5.56 Å². The first-order valence-electron chi connectivity index (χ1n) is 11.5. The Morgan fingerprint density at radius 3 is 2.69 bits per heavy atom. The van der Waals surface area contributed by atoms with Crippen LogP contribution in [0.4, 0.5) is 0 Å². The van der Waals surface area contributed by atoms with Gasteiger partial charge in [0.2, 0.25) is 0 Å². The molecule has 0 saturated heterocycles. The third-order valence-electron chi connectivity index (χ3n) is 5.25. The molecule has 0 aliphatic rings. The molecule has 190 valence electrons. The molecule has 0 aliphatic heterocycles. The predicted octanol–water partition coefficient (Wildman–Crippen LogP) is 2.88. The van der Waals surface area contributed by atoms with Crippen molar-refractivity contribution in [2.24, 2.45) is 0 Å². The number of H-pyrrole nitrogens is 1. The number of hydrogen-bond donors (Lipinski definition) is 2. The van der Waals surface area contributed by atoms with E-state index in [1.54, 1.807) is 27.9 Å². The summed E-state index contributed by atoms with van der Waals surface area (Å²) in [7, 11) is 1.61. The lowest BCUT2D eigenvalue weighted by atomic mass is 10.2. The number of fused-ring (bicyclic) bond motifs is 1. The van der Waals surface area contributed by atoms with Crippen LogP contribution in [0.2, 0.25) is 0 Å². The van der Waals surface area contributed by atoms with Gasteiger partial charge < -0.3 is 24.3 Å². The van der Waals surface area contributed by atoms with Crippen LogP contribution in [0.1, 0.15) is 40.5 Å². The summed E-state index contributed by atoms with van der Waals surface area (Å²) < 4.78 is 16.2. The highest BCUT2D eigenvalue weighted by Crippen LogP contribution is 2.28. The monoisotopic (exact) mass is 503 g/mol. The van der Waals surface area contributed by atoms with Crippen molar-refractivity contribution in [2.75, 3.05) is 33.4 Å². The first kappa shape index (κ1) is 27.0. The maximum Gasteiger partial charge on any atom is 0.348 e. The lowest BCUT2D eigenvalue weighted by Gasteiger charge is -2.24. The van der Waals surface area contributed by atoms with Crippen molar-refractivity contribution >= 4 is 27.5 Å². The van der Waals surface area contributed by atoms with Crippen LogP contribution < -0.4 is 5.56 Å². The molecule has 0 fully saturated rings. The molecule has 2 N–H and O–H groups in total. The Hall–Kier alpha value is -2.63. The number of methoxy groups -OCH3 is 1. The molecule has 0 radical (unpaired) electrons. The number of benzene rings is 1. The minimum atomic E-state index is -0.729. The molecule has 3 aromatic rings. The Labute approximate surface area is 208 Å². The summed E-state index contributed by atoms with van der Waals surface area (Å²) >= 11 is 1.15. The van der Waals surface area contributed by atoms with Crippen molar-refractivity contribution in [3.05, 3.63) is 62.5 Å². The number of nitrogens with one attached hydrogen (secondary N) is 1. The summed E-state index contributed by atoms with van der Waals surface area (Å²) in [6.45, 7) is 7.47. The zero-order valence-corrected chi connectivity index (χ0v) is 21.4. The molecule has 1 atom stereocenters. The molecule has 0 bridgehead atoms. The van der Waals surface area contributed by atoms with Crippen molar-refractivity contribution in [1.82, 2.24) is 14.9 Å². The zero-order chi connectivity index (χ0) is 25.4. The number of aromatic nitrogens is 2. The fourth-order valence-corrected chi connectivity index (χ4v) is 4.71. The average molecular weight is 504 g/mol. The maximum absolute atomic E-state index is 12.8. The van der Waals surface area contributed by atoms with Gasteiger partial charge in [-0.3, -0.25) is 9.69 Å². The number of ether oxygens (including phenoxy) is 3. The number of aliphatic hydroxyl groups is 1. The van der Waals surface area contributed by atoms with Gasteiger partial charge in [-0.25, -0.2) is 9.78 Å². The summed E-state index contributed by atoms with van der Waals surface area (Å²) in [5, 5.41) is 10.9. The van der Waals surface area contributed by atoms with Gasteiger partial charge in [0, 0.05) is 20.2 Å². The van der Waals surface area contributed by atoms with Crippen LogP contribution in [0, 0.1) is 6.92 Å². The number of hydrogen-bond acceptors (Lipinski definition) is 9. The second-order valence-corrected chi connectivity index (χ2v) is 9.58. The molecular formula is C25H33N3O6S. The number of aryl methyl sites for hydroxylation is 1. The molecule has 1 aromatic carbocycles. The standard InChI is InChI=1S/C25H33N3O6S/c1-16(2)34-25(31)22-17(3)21-23(30)26-20(27-24(21)35-22)13-28(10-11-32-4)12-19(29)15-33-14-18-8-6-5-7-9-18/h5-9,16,19,29H,10-15H2,1-4H3,(H,26,27,30). The third-order valence-corrected chi connectivity index (χ3v) is 6.42. The number of carbonyl (C=O) groups excluding carboxylic acids is 1. The van der Waals surface area contributed by atoms with Gasteiger partial charge in [-0.2, -0.15) is 0 Å². The number of rotatable bonds is 13. The SMILES string of the molecule is COCCN(Cc1nc2sc(C(=O)OC(C)C)c(C)c2c(=O)[nH]1)CC(O)COCc1ccccc1. The van der Waals surface area contributed by atoms with Gasteiger partial charge in [-0.15, -0.1) is 11.3 Å². The Morgan fingerprint density at radius 2 is 2.00 bits per heavy atom. The molecule has 0 amide bonds. The summed E-state index contributed by atoms with van der Waals surface area (Å²) in [5.74, 6) is -0.0113. The van der Waals surface area contributed by atoms with E-state index >= 15 is 0 Å². The quantitative estimate of drug-likeness (QED) is 0.342. The van der Waals surface area contributed by atoms with E-state index < -0.39 is 12.1 Å². The van der Waals surface area contributed by atoms with E-state index in [1.165, 1.54) is 0 Å². The molecule has 0 saturated carbocycles. The largest absolute Gasteiger partial charge is 0.459 e. The van der Waals surface area contributed by atoms with Crippen molar-refractivity contribution in [3.8, 4) is 0 Å². The van der Waals surface area contributed by atoms with Gasteiger partial charge in [-0.1, -0.05) is 30.3 Å². The van der Waals surface area contributed by atoms with E-state index in [0.29, 0.717) is 59.3 Å². The fourth-order valence-electron chi connectivity index (χ4n) is 3.63. The van der Waals surface area contributed by atoms with Gasteiger partial charge in [-0.05, 0) is 31.9 Å². The lowest BCUT2D eigenvalue weighted by molar-refractivity contribution is 0.00437. The second-order valence-electron chi connectivity index (χ2n) is 8.59. The Bertz CT molecular complexity index is 1160. The molecule has 9 nitrogen and oxygen atoms in total. The average Bonchev–Trinajstić information content (AvgIpc) is 3.14. The summed E-state index contributed by atoms with van der Waals surface area (Å²) in [6, 6.07) is 9.76. The van der Waals surface area contributed by atoms with Crippen LogP contribution in [0.3, 0.4) is 0 Å². The van der Waals surface area contributed by atoms with E-state index in [0.717, 1.165) is 16.9 Å². The molecular weight excluding hydrogens is 470 g/mol. The van der Waals surface area contributed by atoms with Crippen LogP contribution >= 0.6 is 11.3 Å². The number of aromatic amines is 1. The molecule has 10 heteroatoms. The van der Waals surface area contributed by atoms with E-state index in [1.807, 2.05) is 35.2 Å². The topological polar surface area (TPSA) is 114 Å². The highest BCUT2D eigenvalue weighted by Gasteiger charge is 2.22. The van der Waals surface area contributed by atoms with Gasteiger partial charge in [0.05, 0.1) is 44.0 Å². The van der Waals surface area contributed by atoms with Crippen LogP contribution in [-0.4, -0.2) is 71.6 Å². The Morgan fingerprint density at radius 1 is 1.26 bits per heavy atom. The molecule has 1 unspecified atom stereocenters. The minimum absolute atomic E-state index is 0.173. The summed E-state index contributed by atoms with van der Waals surface area (Å²) in [6.07, 6.45) is -0.987. The molecule has 35 heavy (non-hydrogen) atoms. The normalized spacial score (nSPS) is 12.5. The van der Waals surface area contributed by atoms with Crippen LogP contribution in [0.15, 0.2) is 35.1 Å². The molecule has 2 aromatic heterocycles. The smallest absolute Gasteiger partial charge is 0.348 e. The van der Waals surface area contributed by atoms with Gasteiger partial charge in [0.1, 0.15) is 15.5 Å². The summed E-state index contributed by atoms with van der Waals surface area (Å²) in [5.41, 5.74) is 1.30. The molecule has 2 heterocycles. The van der Waals surface area contributed by atoms with Crippen LogP contribution in [0.5, 0.6) is 0 Å². The van der Waals surface area contributed by atoms with E-state index in [-0.39, 0.29) is 18.3 Å². The van der Waals surface area contributed by atoms with Crippen molar-refractivity contribution in [1.29, 1.82) is 0 Å². The number of thiophene rings is 1. The second kappa shape index (κ2) is 12.9. The molecule has 3 rings (SSSR count). The lowest BCUT2D eigenvalue weighted by Crippen LogP contribution is -2.37. The highest BCUT2D eigenvalue weighted by molar-refractivity contribution is 7.20. The van der Waals surface area contributed by atoms with E-state index in [2.05, 4.69) is 9.97 Å². The van der Waals surface area contributed by atoms with Crippen LogP contribution in [0.25, 0.3) is 10.2 Å². The zero-order valence-electron chi connectivity index (χ0n) is 20.6. The van der Waals surface area contributed by atoms with Gasteiger partial charge >= 0.3 is 5.97 Å². The van der Waals surface area contributed by atoms with Crippen LogP contribution in [-0.2, 0) is 27.4 Å². The van der Waals surface area contributed by atoms with Crippen molar-refractivity contribution < 1.29 is 24.1 Å². The highest BCUT2D eigenvalue weighted by atomic mass is 32.1.